The quantitative estimate of drug-likeness (QED) is 0.371. The third kappa shape index (κ3) is 17.2. The van der Waals surface area contributed by atoms with E-state index in [1.807, 2.05) is 0 Å². The molecule has 4 nitrogen and oxygen atoms in total. The van der Waals surface area contributed by atoms with Crippen molar-refractivity contribution in [1.82, 2.24) is 0 Å². The van der Waals surface area contributed by atoms with Gasteiger partial charge in [-0.15, -0.1) is 0 Å². The molecule has 0 unspecified atom stereocenters. The zero-order valence-electron chi connectivity index (χ0n) is 9.33. The van der Waals surface area contributed by atoms with E-state index in [2.05, 4.69) is 0 Å². The van der Waals surface area contributed by atoms with Crippen molar-refractivity contribution in [3.05, 3.63) is 0 Å². The van der Waals surface area contributed by atoms with E-state index < -0.39 is 11.9 Å². The van der Waals surface area contributed by atoms with Gasteiger partial charge in [-0.25, -0.2) is 0 Å². The molecule has 15 heavy (non-hydrogen) atoms. The first-order valence-electron chi connectivity index (χ1n) is 5.04. The number of carbonyl (C=O) groups excluding carboxylic acids is 1. The number of carboxylic acid groups (broad SMARTS) is 2. The number of unbranched alkanes of at least 4 members (excludes halogenated alkanes) is 5. The Morgan fingerprint density at radius 1 is 0.867 bits per heavy atom. The van der Waals surface area contributed by atoms with Crippen LogP contribution in [0.15, 0.2) is 0 Å². The third-order valence-electron chi connectivity index (χ3n) is 2.02. The number of aliphatic carboxylic acids is 2. The predicted octanol–water partition coefficient (Wildman–Crippen LogP) is -2.05. The fourth-order valence-electron chi connectivity index (χ4n) is 1.25. The molecule has 0 saturated carbocycles. The van der Waals surface area contributed by atoms with E-state index in [1.54, 1.807) is 0 Å². The summed E-state index contributed by atoms with van der Waals surface area (Å²) in [5.41, 5.74) is 0. The van der Waals surface area contributed by atoms with Gasteiger partial charge in [0.05, 0.1) is 0 Å². The van der Waals surface area contributed by atoms with E-state index >= 15 is 0 Å². The second kappa shape index (κ2) is 12.6. The number of hydrogen-bond donors (Lipinski definition) is 1. The van der Waals surface area contributed by atoms with Crippen LogP contribution < -0.4 is 56.5 Å². The Hall–Kier alpha value is 0.576. The van der Waals surface area contributed by atoms with Gasteiger partial charge in [0.1, 0.15) is 0 Å². The van der Waals surface area contributed by atoms with Crippen molar-refractivity contribution >= 4 is 11.9 Å². The fourth-order valence-corrected chi connectivity index (χ4v) is 1.25. The summed E-state index contributed by atoms with van der Waals surface area (Å²) in [5, 5.41) is 18.4. The number of hydrogen-bond acceptors (Lipinski definition) is 3. The van der Waals surface area contributed by atoms with Crippen LogP contribution in [0, 0.1) is 0 Å². The summed E-state index contributed by atoms with van der Waals surface area (Å²) in [4.78, 5) is 20.2. The zero-order chi connectivity index (χ0) is 10.8. The minimum atomic E-state index is -0.990. The summed E-state index contributed by atoms with van der Waals surface area (Å²) in [6, 6.07) is 0. The van der Waals surface area contributed by atoms with Crippen molar-refractivity contribution in [2.75, 3.05) is 0 Å². The van der Waals surface area contributed by atoms with Gasteiger partial charge in [-0.2, -0.15) is 0 Å². The molecule has 0 aromatic heterocycles. The Bertz CT molecular complexity index is 162. The molecule has 0 spiro atoms. The van der Waals surface area contributed by atoms with E-state index in [4.69, 9.17) is 5.11 Å². The molecule has 0 aromatic rings. The Morgan fingerprint density at radius 2 is 1.27 bits per heavy atom. The van der Waals surface area contributed by atoms with E-state index in [1.165, 1.54) is 0 Å². The van der Waals surface area contributed by atoms with Crippen LogP contribution in [0.4, 0.5) is 0 Å². The van der Waals surface area contributed by atoms with Crippen molar-refractivity contribution < 1.29 is 71.2 Å². The van der Waals surface area contributed by atoms with E-state index in [0.29, 0.717) is 6.42 Å². The monoisotopic (exact) mass is 240 g/mol. The summed E-state index contributed by atoms with van der Waals surface area (Å²) >= 11 is 0. The van der Waals surface area contributed by atoms with Crippen LogP contribution in [0.25, 0.3) is 0 Å². The molecule has 0 rings (SSSR count). The average Bonchev–Trinajstić information content (AvgIpc) is 2.08. The molecule has 0 atom stereocenters. The van der Waals surface area contributed by atoms with Crippen molar-refractivity contribution in [2.45, 2.75) is 51.4 Å². The number of rotatable bonds is 9. The molecule has 0 bridgehead atoms. The molecule has 0 aromatic carbocycles. The summed E-state index contributed by atoms with van der Waals surface area (Å²) in [7, 11) is 0. The van der Waals surface area contributed by atoms with Gasteiger partial charge in [0.2, 0.25) is 0 Å². The first-order chi connectivity index (χ1) is 6.63. The van der Waals surface area contributed by atoms with Gasteiger partial charge in [0.15, 0.2) is 0 Å². The van der Waals surface area contributed by atoms with Crippen LogP contribution in [0.1, 0.15) is 51.4 Å². The first kappa shape index (κ1) is 18.0. The molecule has 0 aliphatic heterocycles. The Labute approximate surface area is 133 Å². The van der Waals surface area contributed by atoms with Crippen LogP contribution in [0.5, 0.6) is 0 Å². The van der Waals surface area contributed by atoms with E-state index in [0.717, 1.165) is 32.1 Å². The number of carbonyl (C=O) groups is 2. The maximum atomic E-state index is 10.1. The van der Waals surface area contributed by atoms with Crippen LogP contribution in [0.3, 0.4) is 0 Å². The fraction of sp³-hybridized carbons (Fsp3) is 0.800. The predicted molar refractivity (Wildman–Crippen MR) is 49.6 cm³/mol. The summed E-state index contributed by atoms with van der Waals surface area (Å²) in [6.45, 7) is 0. The van der Waals surface area contributed by atoms with Crippen LogP contribution in [-0.2, 0) is 9.59 Å². The van der Waals surface area contributed by atoms with Gasteiger partial charge in [-0.05, 0) is 19.3 Å². The molecular weight excluding hydrogens is 223 g/mol. The summed E-state index contributed by atoms with van der Waals surface area (Å²) in [6.07, 6.45) is 5.52. The van der Waals surface area contributed by atoms with Gasteiger partial charge >= 0.3 is 57.4 Å². The SMILES string of the molecule is O=C([O-])CCCCCCCCC(=O)O.[K+]. The summed E-state index contributed by atoms with van der Waals surface area (Å²) in [5.74, 6) is -1.74. The van der Waals surface area contributed by atoms with Crippen LogP contribution >= 0.6 is 0 Å². The molecule has 0 heterocycles. The second-order valence-electron chi connectivity index (χ2n) is 3.39. The van der Waals surface area contributed by atoms with E-state index in [9.17, 15) is 14.7 Å². The van der Waals surface area contributed by atoms with Crippen LogP contribution in [0.2, 0.25) is 0 Å². The first-order valence-corrected chi connectivity index (χ1v) is 5.04. The topological polar surface area (TPSA) is 77.4 Å². The van der Waals surface area contributed by atoms with Gasteiger partial charge in [0.25, 0.3) is 0 Å². The Balaban J connectivity index is 0. The maximum Gasteiger partial charge on any atom is 1.00 e. The molecule has 0 amide bonds. The van der Waals surface area contributed by atoms with Crippen molar-refractivity contribution in [3.8, 4) is 0 Å². The van der Waals surface area contributed by atoms with Crippen molar-refractivity contribution in [2.24, 2.45) is 0 Å². The summed E-state index contributed by atoms with van der Waals surface area (Å²) < 4.78 is 0. The van der Waals surface area contributed by atoms with E-state index in [-0.39, 0.29) is 64.2 Å². The minimum Gasteiger partial charge on any atom is -0.550 e. The van der Waals surface area contributed by atoms with Gasteiger partial charge in [-0.1, -0.05) is 25.7 Å². The Kier molecular flexibility index (Phi) is 15.1. The van der Waals surface area contributed by atoms with Gasteiger partial charge < -0.3 is 15.0 Å². The second-order valence-corrected chi connectivity index (χ2v) is 3.39. The smallest absolute Gasteiger partial charge is 0.550 e. The average molecular weight is 240 g/mol. The zero-order valence-corrected chi connectivity index (χ0v) is 12.5. The van der Waals surface area contributed by atoms with Gasteiger partial charge in [-0.3, -0.25) is 4.79 Å². The largest absolute Gasteiger partial charge is 1.00 e. The molecule has 0 aliphatic carbocycles. The molecule has 0 radical (unpaired) electrons. The van der Waals surface area contributed by atoms with Crippen molar-refractivity contribution in [1.29, 1.82) is 0 Å². The third-order valence-corrected chi connectivity index (χ3v) is 2.02. The molecule has 82 valence electrons. The molecule has 0 saturated heterocycles. The van der Waals surface area contributed by atoms with Crippen LogP contribution in [-0.4, -0.2) is 17.0 Å². The van der Waals surface area contributed by atoms with Crippen molar-refractivity contribution in [3.63, 3.8) is 0 Å². The molecule has 0 fully saturated rings. The number of carboxylic acids is 2. The van der Waals surface area contributed by atoms with Gasteiger partial charge in [0, 0.05) is 12.4 Å². The Morgan fingerprint density at radius 3 is 1.67 bits per heavy atom. The molecule has 5 heteroatoms. The normalized spacial score (nSPS) is 9.33. The molecule has 0 aliphatic rings. The maximum absolute atomic E-state index is 10.1. The molecular formula is C10H17KO4. The standard InChI is InChI=1S/C10H18O4.K/c11-9(12)7-5-3-1-2-4-6-8-10(13)14;/h1-8H2,(H,11,12)(H,13,14);/q;+1/p-1. The minimum absolute atomic E-state index is 0. The molecule has 1 N–H and O–H groups in total.